The number of esters is 1. The van der Waals surface area contributed by atoms with Crippen LogP contribution in [0.2, 0.25) is 5.02 Å². The predicted molar refractivity (Wildman–Crippen MR) is 96.3 cm³/mol. The number of pyridine rings is 1. The average Bonchev–Trinajstić information content (AvgIpc) is 2.61. The van der Waals surface area contributed by atoms with Gasteiger partial charge in [-0.25, -0.2) is 4.79 Å². The predicted octanol–water partition coefficient (Wildman–Crippen LogP) is 3.58. The van der Waals surface area contributed by atoms with Crippen molar-refractivity contribution < 1.29 is 14.3 Å². The molecular formula is C18H20ClN3O3. The quantitative estimate of drug-likeness (QED) is 0.798. The minimum absolute atomic E-state index is 0.224. The zero-order chi connectivity index (χ0) is 18.2. The van der Waals surface area contributed by atoms with E-state index in [0.29, 0.717) is 17.3 Å². The number of rotatable bonds is 6. The standard InChI is InChI=1S/C18H20ClN3O3/c1-13(17(23)25-2)11-22(12-14-6-8-20-9-7-14)18(24)21-16-5-3-4-15(19)10-16/h3-10,13H,11-12H2,1-2H3,(H,21,24). The lowest BCUT2D eigenvalue weighted by atomic mass is 10.1. The molecule has 0 radical (unpaired) electrons. The molecular weight excluding hydrogens is 342 g/mol. The first kappa shape index (κ1) is 18.7. The van der Waals surface area contributed by atoms with Crippen molar-refractivity contribution in [2.75, 3.05) is 19.0 Å². The van der Waals surface area contributed by atoms with Gasteiger partial charge in [-0.05, 0) is 35.9 Å². The minimum Gasteiger partial charge on any atom is -0.469 e. The molecule has 2 amide bonds. The molecule has 0 saturated heterocycles. The van der Waals surface area contributed by atoms with E-state index in [-0.39, 0.29) is 18.5 Å². The van der Waals surface area contributed by atoms with E-state index in [4.69, 9.17) is 16.3 Å². The van der Waals surface area contributed by atoms with Gasteiger partial charge in [0.1, 0.15) is 0 Å². The molecule has 0 aliphatic carbocycles. The van der Waals surface area contributed by atoms with Crippen LogP contribution in [0.5, 0.6) is 0 Å². The second-order valence-corrected chi connectivity index (χ2v) is 6.04. The average molecular weight is 362 g/mol. The second-order valence-electron chi connectivity index (χ2n) is 5.60. The second kappa shape index (κ2) is 9.03. The third-order valence-corrected chi connectivity index (χ3v) is 3.82. The Morgan fingerprint density at radius 1 is 1.28 bits per heavy atom. The van der Waals surface area contributed by atoms with E-state index < -0.39 is 5.92 Å². The highest BCUT2D eigenvalue weighted by atomic mass is 35.5. The zero-order valence-electron chi connectivity index (χ0n) is 14.1. The van der Waals surface area contributed by atoms with Gasteiger partial charge in [0.05, 0.1) is 13.0 Å². The van der Waals surface area contributed by atoms with E-state index in [9.17, 15) is 9.59 Å². The number of carbonyl (C=O) groups is 2. The molecule has 1 aromatic heterocycles. The van der Waals surface area contributed by atoms with Crippen LogP contribution in [0.15, 0.2) is 48.8 Å². The van der Waals surface area contributed by atoms with Crippen LogP contribution in [0, 0.1) is 5.92 Å². The molecule has 0 aliphatic rings. The van der Waals surface area contributed by atoms with Crippen LogP contribution in [0.25, 0.3) is 0 Å². The van der Waals surface area contributed by atoms with Crippen LogP contribution in [0.3, 0.4) is 0 Å². The van der Waals surface area contributed by atoms with Crippen molar-refractivity contribution in [3.63, 3.8) is 0 Å². The summed E-state index contributed by atoms with van der Waals surface area (Å²) in [4.78, 5) is 29.9. The highest BCUT2D eigenvalue weighted by Crippen LogP contribution is 2.16. The maximum Gasteiger partial charge on any atom is 0.322 e. The van der Waals surface area contributed by atoms with Crippen molar-refractivity contribution in [3.05, 3.63) is 59.4 Å². The monoisotopic (exact) mass is 361 g/mol. The molecule has 2 rings (SSSR count). The van der Waals surface area contributed by atoms with Gasteiger partial charge in [0.25, 0.3) is 0 Å². The number of hydrogen-bond acceptors (Lipinski definition) is 4. The summed E-state index contributed by atoms with van der Waals surface area (Å²) in [6, 6.07) is 10.2. The number of halogens is 1. The molecule has 0 saturated carbocycles. The third kappa shape index (κ3) is 5.76. The number of urea groups is 1. The van der Waals surface area contributed by atoms with E-state index in [1.54, 1.807) is 48.5 Å². The van der Waals surface area contributed by atoms with Gasteiger partial charge in [0, 0.05) is 36.2 Å². The number of amides is 2. The maximum atomic E-state index is 12.7. The Kier molecular flexibility index (Phi) is 6.77. The van der Waals surface area contributed by atoms with Crippen molar-refractivity contribution in [2.45, 2.75) is 13.5 Å². The number of benzene rings is 1. The van der Waals surface area contributed by atoms with Crippen LogP contribution in [0.4, 0.5) is 10.5 Å². The van der Waals surface area contributed by atoms with Crippen LogP contribution >= 0.6 is 11.6 Å². The number of nitrogens with zero attached hydrogens (tertiary/aromatic N) is 2. The van der Waals surface area contributed by atoms with Gasteiger partial charge < -0.3 is 15.0 Å². The van der Waals surface area contributed by atoms with Crippen LogP contribution in [-0.2, 0) is 16.1 Å². The molecule has 2 aromatic rings. The van der Waals surface area contributed by atoms with Crippen LogP contribution in [-0.4, -0.2) is 35.5 Å². The fraction of sp³-hybridized carbons (Fsp3) is 0.278. The van der Waals surface area contributed by atoms with E-state index >= 15 is 0 Å². The summed E-state index contributed by atoms with van der Waals surface area (Å²) in [5, 5.41) is 3.33. The Morgan fingerprint density at radius 2 is 2.00 bits per heavy atom. The number of aromatic nitrogens is 1. The van der Waals surface area contributed by atoms with Crippen LogP contribution in [0.1, 0.15) is 12.5 Å². The van der Waals surface area contributed by atoms with Gasteiger partial charge in [-0.3, -0.25) is 9.78 Å². The largest absolute Gasteiger partial charge is 0.469 e. The van der Waals surface area contributed by atoms with Gasteiger partial charge in [0.2, 0.25) is 0 Å². The molecule has 0 fully saturated rings. The fourth-order valence-corrected chi connectivity index (χ4v) is 2.49. The summed E-state index contributed by atoms with van der Waals surface area (Å²) in [7, 11) is 1.33. The van der Waals surface area contributed by atoms with E-state index in [1.165, 1.54) is 7.11 Å². The van der Waals surface area contributed by atoms with Crippen molar-refractivity contribution in [1.29, 1.82) is 0 Å². The van der Waals surface area contributed by atoms with Gasteiger partial charge in [0.15, 0.2) is 0 Å². The highest BCUT2D eigenvalue weighted by molar-refractivity contribution is 6.30. The Labute approximate surface area is 151 Å². The normalized spacial score (nSPS) is 11.5. The summed E-state index contributed by atoms with van der Waals surface area (Å²) < 4.78 is 4.75. The molecule has 7 heteroatoms. The van der Waals surface area contributed by atoms with Crippen molar-refractivity contribution in [2.24, 2.45) is 5.92 Å². The first-order valence-corrected chi connectivity index (χ1v) is 8.15. The van der Waals surface area contributed by atoms with Gasteiger partial charge >= 0.3 is 12.0 Å². The molecule has 1 unspecified atom stereocenters. The summed E-state index contributed by atoms with van der Waals surface area (Å²) in [5.74, 6) is -0.813. The fourth-order valence-electron chi connectivity index (χ4n) is 2.30. The molecule has 1 atom stereocenters. The van der Waals surface area contributed by atoms with Gasteiger partial charge in [-0.2, -0.15) is 0 Å². The molecule has 1 N–H and O–H groups in total. The Bertz CT molecular complexity index is 725. The van der Waals surface area contributed by atoms with Crippen molar-refractivity contribution >= 4 is 29.3 Å². The Morgan fingerprint density at radius 3 is 2.64 bits per heavy atom. The molecule has 0 aliphatic heterocycles. The first-order chi connectivity index (χ1) is 12.0. The summed E-state index contributed by atoms with van der Waals surface area (Å²) in [6.45, 7) is 2.29. The smallest absolute Gasteiger partial charge is 0.322 e. The SMILES string of the molecule is COC(=O)C(C)CN(Cc1ccncc1)C(=O)Nc1cccc(Cl)c1. The number of hydrogen-bond donors (Lipinski definition) is 1. The van der Waals surface area contributed by atoms with Crippen molar-refractivity contribution in [3.8, 4) is 0 Å². The van der Waals surface area contributed by atoms with Crippen molar-refractivity contribution in [1.82, 2.24) is 9.88 Å². The lowest BCUT2D eigenvalue weighted by Crippen LogP contribution is -2.39. The first-order valence-electron chi connectivity index (χ1n) is 7.78. The van der Waals surface area contributed by atoms with Gasteiger partial charge in [-0.1, -0.05) is 24.6 Å². The van der Waals surface area contributed by atoms with Crippen LogP contribution < -0.4 is 5.32 Å². The number of carbonyl (C=O) groups excluding carboxylic acids is 2. The lowest BCUT2D eigenvalue weighted by Gasteiger charge is -2.25. The highest BCUT2D eigenvalue weighted by Gasteiger charge is 2.22. The Hall–Kier alpha value is -2.60. The number of anilines is 1. The third-order valence-electron chi connectivity index (χ3n) is 3.58. The molecule has 0 bridgehead atoms. The summed E-state index contributed by atoms with van der Waals surface area (Å²) >= 11 is 5.95. The molecule has 25 heavy (non-hydrogen) atoms. The molecule has 6 nitrogen and oxygen atoms in total. The van der Waals surface area contributed by atoms with E-state index in [0.717, 1.165) is 5.56 Å². The number of methoxy groups -OCH3 is 1. The number of nitrogens with one attached hydrogen (secondary N) is 1. The number of ether oxygens (including phenoxy) is 1. The van der Waals surface area contributed by atoms with E-state index in [1.807, 2.05) is 12.1 Å². The van der Waals surface area contributed by atoms with Gasteiger partial charge in [-0.15, -0.1) is 0 Å². The molecule has 132 valence electrons. The summed E-state index contributed by atoms with van der Waals surface area (Å²) in [6.07, 6.45) is 3.32. The topological polar surface area (TPSA) is 71.5 Å². The van der Waals surface area contributed by atoms with E-state index in [2.05, 4.69) is 10.3 Å². The Balaban J connectivity index is 2.14. The zero-order valence-corrected chi connectivity index (χ0v) is 14.9. The lowest BCUT2D eigenvalue weighted by molar-refractivity contribution is -0.145. The molecule has 1 aromatic carbocycles. The summed E-state index contributed by atoms with van der Waals surface area (Å²) in [5.41, 5.74) is 1.50. The maximum absolute atomic E-state index is 12.7. The molecule has 0 spiro atoms. The molecule has 1 heterocycles. The minimum atomic E-state index is -0.447.